The van der Waals surface area contributed by atoms with Crippen molar-refractivity contribution in [2.45, 2.75) is 44.6 Å². The van der Waals surface area contributed by atoms with Crippen molar-refractivity contribution in [2.75, 3.05) is 0 Å². The number of amides is 1. The predicted molar refractivity (Wildman–Crippen MR) is 43.1 cm³/mol. The second-order valence-corrected chi connectivity index (χ2v) is 4.09. The number of hydrogen-bond donors (Lipinski definition) is 1. The van der Waals surface area contributed by atoms with Gasteiger partial charge in [-0.2, -0.15) is 0 Å². The van der Waals surface area contributed by atoms with Crippen molar-refractivity contribution < 1.29 is 4.79 Å². The van der Waals surface area contributed by atoms with E-state index in [0.29, 0.717) is 0 Å². The summed E-state index contributed by atoms with van der Waals surface area (Å²) in [6.45, 7) is 2.20. The number of rotatable bonds is 1. The molecule has 62 valence electrons. The summed E-state index contributed by atoms with van der Waals surface area (Å²) in [5.74, 6) is 1.02. The molecule has 1 atom stereocenters. The fourth-order valence-electron chi connectivity index (χ4n) is 2.17. The van der Waals surface area contributed by atoms with E-state index in [9.17, 15) is 4.79 Å². The highest BCUT2D eigenvalue weighted by molar-refractivity contribution is 5.79. The van der Waals surface area contributed by atoms with Gasteiger partial charge < -0.3 is 5.32 Å². The number of hydrogen-bond acceptors (Lipinski definition) is 1. The van der Waals surface area contributed by atoms with Gasteiger partial charge in [-0.05, 0) is 32.1 Å². The molecule has 11 heavy (non-hydrogen) atoms. The molecule has 0 aromatic heterocycles. The van der Waals surface area contributed by atoms with Gasteiger partial charge in [0.05, 0.1) is 0 Å². The van der Waals surface area contributed by atoms with Crippen LogP contribution in [-0.2, 0) is 4.79 Å². The Morgan fingerprint density at radius 1 is 1.55 bits per heavy atom. The Morgan fingerprint density at radius 3 is 2.64 bits per heavy atom. The molecule has 2 heteroatoms. The lowest BCUT2D eigenvalue weighted by atomic mass is 9.71. The minimum Gasteiger partial charge on any atom is -0.351 e. The molecule has 2 aliphatic rings. The van der Waals surface area contributed by atoms with E-state index in [1.165, 1.54) is 19.3 Å². The molecule has 1 heterocycles. The van der Waals surface area contributed by atoms with Gasteiger partial charge in [0, 0.05) is 12.0 Å². The van der Waals surface area contributed by atoms with Gasteiger partial charge in [-0.1, -0.05) is 6.42 Å². The van der Waals surface area contributed by atoms with Crippen LogP contribution in [-0.4, -0.2) is 11.4 Å². The van der Waals surface area contributed by atoms with Crippen LogP contribution in [0.25, 0.3) is 0 Å². The maximum absolute atomic E-state index is 11.0. The van der Waals surface area contributed by atoms with Crippen molar-refractivity contribution in [3.63, 3.8) is 0 Å². The summed E-state index contributed by atoms with van der Waals surface area (Å²) in [5, 5.41) is 3.09. The molecule has 0 radical (unpaired) electrons. The van der Waals surface area contributed by atoms with E-state index in [1.54, 1.807) is 0 Å². The Kier molecular flexibility index (Phi) is 1.44. The van der Waals surface area contributed by atoms with Gasteiger partial charge >= 0.3 is 0 Å². The minimum absolute atomic E-state index is 0.162. The molecule has 0 aromatic rings. The zero-order valence-electron chi connectivity index (χ0n) is 7.02. The highest BCUT2D eigenvalue weighted by Crippen LogP contribution is 2.40. The first kappa shape index (κ1) is 7.14. The molecule has 1 unspecified atom stereocenters. The quantitative estimate of drug-likeness (QED) is 0.607. The van der Waals surface area contributed by atoms with Crippen molar-refractivity contribution in [3.8, 4) is 0 Å². The Labute approximate surface area is 67.4 Å². The highest BCUT2D eigenvalue weighted by Gasteiger charge is 2.42. The largest absolute Gasteiger partial charge is 0.351 e. The molecule has 1 aliphatic carbocycles. The standard InChI is InChI=1S/C9H15NO/c1-9(7-3-2-4-7)6-5-8(11)10-9/h7H,2-6H2,1H3,(H,10,11). The molecule has 1 saturated carbocycles. The Morgan fingerprint density at radius 2 is 2.27 bits per heavy atom. The number of carbonyl (C=O) groups is 1. The molecule has 1 aliphatic heterocycles. The molecule has 2 nitrogen and oxygen atoms in total. The van der Waals surface area contributed by atoms with Crippen LogP contribution in [0.4, 0.5) is 0 Å². The molecule has 0 bridgehead atoms. The normalized spacial score (nSPS) is 38.5. The first-order chi connectivity index (χ1) is 5.21. The van der Waals surface area contributed by atoms with E-state index < -0.39 is 0 Å². The highest BCUT2D eigenvalue weighted by atomic mass is 16.2. The van der Waals surface area contributed by atoms with E-state index in [1.807, 2.05) is 0 Å². The lowest BCUT2D eigenvalue weighted by Crippen LogP contribution is -2.47. The predicted octanol–water partition coefficient (Wildman–Crippen LogP) is 1.46. The SMILES string of the molecule is CC1(C2CCC2)CCC(=O)N1. The van der Waals surface area contributed by atoms with Gasteiger partial charge in [-0.3, -0.25) is 4.79 Å². The van der Waals surface area contributed by atoms with E-state index in [2.05, 4.69) is 12.2 Å². The molecule has 2 rings (SSSR count). The minimum atomic E-state index is 0.162. The molecular formula is C9H15NO. The van der Waals surface area contributed by atoms with Crippen LogP contribution in [0.15, 0.2) is 0 Å². The second kappa shape index (κ2) is 2.23. The lowest BCUT2D eigenvalue weighted by Gasteiger charge is -2.40. The summed E-state index contributed by atoms with van der Waals surface area (Å²) in [6, 6.07) is 0. The van der Waals surface area contributed by atoms with Gasteiger partial charge in [0.1, 0.15) is 0 Å². The van der Waals surface area contributed by atoms with E-state index in [0.717, 1.165) is 18.8 Å². The summed E-state index contributed by atoms with van der Waals surface area (Å²) in [5.41, 5.74) is 0.162. The first-order valence-corrected chi connectivity index (χ1v) is 4.52. The summed E-state index contributed by atoms with van der Waals surface area (Å²) in [7, 11) is 0. The zero-order chi connectivity index (χ0) is 7.90. The summed E-state index contributed by atoms with van der Waals surface area (Å²) in [6.07, 6.45) is 5.78. The van der Waals surface area contributed by atoms with Gasteiger partial charge in [0.2, 0.25) is 5.91 Å². The fraction of sp³-hybridized carbons (Fsp3) is 0.889. The van der Waals surface area contributed by atoms with E-state index >= 15 is 0 Å². The van der Waals surface area contributed by atoms with Crippen molar-refractivity contribution in [1.82, 2.24) is 5.32 Å². The third-order valence-corrected chi connectivity index (χ3v) is 3.30. The summed E-state index contributed by atoms with van der Waals surface area (Å²) in [4.78, 5) is 11.0. The molecular weight excluding hydrogens is 138 g/mol. The number of nitrogens with one attached hydrogen (secondary N) is 1. The lowest BCUT2D eigenvalue weighted by molar-refractivity contribution is -0.120. The third kappa shape index (κ3) is 1.05. The second-order valence-electron chi connectivity index (χ2n) is 4.09. The van der Waals surface area contributed by atoms with E-state index in [-0.39, 0.29) is 11.4 Å². The van der Waals surface area contributed by atoms with Crippen LogP contribution < -0.4 is 5.32 Å². The van der Waals surface area contributed by atoms with Crippen LogP contribution in [0.1, 0.15) is 39.0 Å². The maximum Gasteiger partial charge on any atom is 0.220 e. The first-order valence-electron chi connectivity index (χ1n) is 4.52. The van der Waals surface area contributed by atoms with Crippen LogP contribution in [0.2, 0.25) is 0 Å². The van der Waals surface area contributed by atoms with Gasteiger partial charge in [-0.25, -0.2) is 0 Å². The fourth-order valence-corrected chi connectivity index (χ4v) is 2.17. The zero-order valence-corrected chi connectivity index (χ0v) is 7.02. The van der Waals surface area contributed by atoms with Crippen molar-refractivity contribution >= 4 is 5.91 Å². The number of carbonyl (C=O) groups excluding carboxylic acids is 1. The molecule has 1 amide bonds. The van der Waals surface area contributed by atoms with Crippen molar-refractivity contribution in [3.05, 3.63) is 0 Å². The topological polar surface area (TPSA) is 29.1 Å². The Hall–Kier alpha value is -0.530. The van der Waals surface area contributed by atoms with Crippen LogP contribution in [0, 0.1) is 5.92 Å². The van der Waals surface area contributed by atoms with Crippen molar-refractivity contribution in [1.29, 1.82) is 0 Å². The van der Waals surface area contributed by atoms with Gasteiger partial charge in [-0.15, -0.1) is 0 Å². The molecule has 0 aromatic carbocycles. The smallest absolute Gasteiger partial charge is 0.220 e. The Bertz CT molecular complexity index is 186. The van der Waals surface area contributed by atoms with Crippen LogP contribution >= 0.6 is 0 Å². The monoisotopic (exact) mass is 153 g/mol. The third-order valence-electron chi connectivity index (χ3n) is 3.30. The average Bonchev–Trinajstić information content (AvgIpc) is 2.06. The molecule has 1 saturated heterocycles. The molecule has 2 fully saturated rings. The van der Waals surface area contributed by atoms with E-state index in [4.69, 9.17) is 0 Å². The summed E-state index contributed by atoms with van der Waals surface area (Å²) >= 11 is 0. The molecule has 0 spiro atoms. The van der Waals surface area contributed by atoms with Crippen LogP contribution in [0.3, 0.4) is 0 Å². The van der Waals surface area contributed by atoms with Gasteiger partial charge in [0.25, 0.3) is 0 Å². The van der Waals surface area contributed by atoms with Gasteiger partial charge in [0.15, 0.2) is 0 Å². The molecule has 1 N–H and O–H groups in total. The van der Waals surface area contributed by atoms with Crippen LogP contribution in [0.5, 0.6) is 0 Å². The summed E-state index contributed by atoms with van der Waals surface area (Å²) < 4.78 is 0. The Balaban J connectivity index is 2.03. The maximum atomic E-state index is 11.0. The van der Waals surface area contributed by atoms with Crippen molar-refractivity contribution in [2.24, 2.45) is 5.92 Å². The average molecular weight is 153 g/mol.